The van der Waals surface area contributed by atoms with Crippen LogP contribution >= 0.6 is 11.3 Å². The van der Waals surface area contributed by atoms with Crippen molar-refractivity contribution in [2.75, 3.05) is 25.1 Å². The smallest absolute Gasteiger partial charge is 0.322 e. The van der Waals surface area contributed by atoms with E-state index in [2.05, 4.69) is 15.5 Å². The molecule has 0 spiro atoms. The van der Waals surface area contributed by atoms with Gasteiger partial charge in [0.05, 0.1) is 18.9 Å². The molecule has 1 N–H and O–H groups in total. The summed E-state index contributed by atoms with van der Waals surface area (Å²) in [6, 6.07) is 1.32. The van der Waals surface area contributed by atoms with Crippen molar-refractivity contribution >= 4 is 23.1 Å². The summed E-state index contributed by atoms with van der Waals surface area (Å²) in [6.45, 7) is 5.31. The molecule has 1 fully saturated rings. The average molecular weight is 322 g/mol. The maximum atomic E-state index is 12.5. The molecular formula is C14H18N4O3S. The van der Waals surface area contributed by atoms with Crippen molar-refractivity contribution < 1.29 is 13.9 Å². The van der Waals surface area contributed by atoms with Crippen molar-refractivity contribution in [2.24, 2.45) is 0 Å². The van der Waals surface area contributed by atoms with Crippen LogP contribution in [0, 0.1) is 0 Å². The number of carbonyl (C=O) groups excluding carboxylic acids is 1. The van der Waals surface area contributed by atoms with Crippen molar-refractivity contribution in [3.05, 3.63) is 28.6 Å². The van der Waals surface area contributed by atoms with Gasteiger partial charge in [-0.3, -0.25) is 0 Å². The number of nitrogens with zero attached hydrogens (tertiary/aromatic N) is 3. The summed E-state index contributed by atoms with van der Waals surface area (Å²) in [5.41, 5.74) is 0.786. The summed E-state index contributed by atoms with van der Waals surface area (Å²) < 4.78 is 11.2. The standard InChI is InChI=1S/C14H18N4O3S/c1-9(2)12-16-17-13(21-12)11-7-20-5-4-18(11)14(19)15-10-3-6-22-8-10/h3,6,8-9,11H,4-5,7H2,1-2H3,(H,15,19). The Hall–Kier alpha value is -1.93. The van der Waals surface area contributed by atoms with E-state index < -0.39 is 0 Å². The van der Waals surface area contributed by atoms with E-state index in [9.17, 15) is 4.79 Å². The van der Waals surface area contributed by atoms with Crippen LogP contribution in [0.1, 0.15) is 37.6 Å². The zero-order valence-corrected chi connectivity index (χ0v) is 13.3. The van der Waals surface area contributed by atoms with Gasteiger partial charge in [0, 0.05) is 17.8 Å². The van der Waals surface area contributed by atoms with Gasteiger partial charge in [0.1, 0.15) is 6.04 Å². The predicted octanol–water partition coefficient (Wildman–Crippen LogP) is 2.86. The lowest BCUT2D eigenvalue weighted by molar-refractivity contribution is 0.00494. The third kappa shape index (κ3) is 3.12. The van der Waals surface area contributed by atoms with Crippen LogP contribution in [0.5, 0.6) is 0 Å². The highest BCUT2D eigenvalue weighted by Gasteiger charge is 2.33. The number of thiophene rings is 1. The Balaban J connectivity index is 1.76. The zero-order chi connectivity index (χ0) is 15.5. The molecule has 22 heavy (non-hydrogen) atoms. The Morgan fingerprint density at radius 1 is 1.50 bits per heavy atom. The first kappa shape index (κ1) is 15.0. The Morgan fingerprint density at radius 2 is 2.36 bits per heavy atom. The summed E-state index contributed by atoms with van der Waals surface area (Å²) in [5, 5.41) is 14.8. The number of hydrogen-bond acceptors (Lipinski definition) is 6. The maximum Gasteiger partial charge on any atom is 0.322 e. The molecular weight excluding hydrogens is 304 g/mol. The van der Waals surface area contributed by atoms with E-state index in [1.54, 1.807) is 4.90 Å². The fraction of sp³-hybridized carbons (Fsp3) is 0.500. The van der Waals surface area contributed by atoms with Gasteiger partial charge < -0.3 is 19.4 Å². The van der Waals surface area contributed by atoms with Gasteiger partial charge in [-0.2, -0.15) is 11.3 Å². The summed E-state index contributed by atoms with van der Waals surface area (Å²) in [5.74, 6) is 1.14. The summed E-state index contributed by atoms with van der Waals surface area (Å²) in [7, 11) is 0. The Morgan fingerprint density at radius 3 is 3.05 bits per heavy atom. The molecule has 8 heteroatoms. The minimum absolute atomic E-state index is 0.152. The zero-order valence-electron chi connectivity index (χ0n) is 12.5. The summed E-state index contributed by atoms with van der Waals surface area (Å²) in [4.78, 5) is 14.1. The largest absolute Gasteiger partial charge is 0.423 e. The van der Waals surface area contributed by atoms with Crippen LogP contribution in [-0.4, -0.2) is 40.9 Å². The van der Waals surface area contributed by atoms with Crippen LogP contribution < -0.4 is 5.32 Å². The number of carbonyl (C=O) groups is 1. The number of hydrogen-bond donors (Lipinski definition) is 1. The number of morpholine rings is 1. The molecule has 1 aliphatic heterocycles. The first-order valence-electron chi connectivity index (χ1n) is 7.16. The van der Waals surface area contributed by atoms with Gasteiger partial charge in [0.15, 0.2) is 0 Å². The predicted molar refractivity (Wildman–Crippen MR) is 82.0 cm³/mol. The highest BCUT2D eigenvalue weighted by molar-refractivity contribution is 7.08. The van der Waals surface area contributed by atoms with Crippen LogP contribution in [0.4, 0.5) is 10.5 Å². The average Bonchev–Trinajstić information content (AvgIpc) is 3.18. The van der Waals surface area contributed by atoms with Gasteiger partial charge in [-0.15, -0.1) is 10.2 Å². The topological polar surface area (TPSA) is 80.5 Å². The van der Waals surface area contributed by atoms with E-state index >= 15 is 0 Å². The van der Waals surface area contributed by atoms with Gasteiger partial charge in [-0.25, -0.2) is 4.79 Å². The van der Waals surface area contributed by atoms with Crippen molar-refractivity contribution in [3.63, 3.8) is 0 Å². The number of ether oxygens (including phenoxy) is 1. The van der Waals surface area contributed by atoms with E-state index in [1.807, 2.05) is 30.7 Å². The minimum atomic E-state index is -0.354. The van der Waals surface area contributed by atoms with E-state index in [-0.39, 0.29) is 18.0 Å². The molecule has 2 amide bonds. The van der Waals surface area contributed by atoms with Gasteiger partial charge in [0.25, 0.3) is 0 Å². The first-order chi connectivity index (χ1) is 10.6. The maximum absolute atomic E-state index is 12.5. The van der Waals surface area contributed by atoms with Crippen molar-refractivity contribution in [1.29, 1.82) is 0 Å². The quantitative estimate of drug-likeness (QED) is 0.940. The fourth-order valence-corrected chi connectivity index (χ4v) is 2.78. The Bertz CT molecular complexity index is 626. The number of anilines is 1. The van der Waals surface area contributed by atoms with Gasteiger partial charge in [-0.05, 0) is 11.4 Å². The Labute approximate surface area is 132 Å². The highest BCUT2D eigenvalue weighted by Crippen LogP contribution is 2.26. The molecule has 0 radical (unpaired) electrons. The van der Waals surface area contributed by atoms with E-state index in [0.717, 1.165) is 5.69 Å². The molecule has 0 aliphatic carbocycles. The second-order valence-corrected chi connectivity index (χ2v) is 6.14. The molecule has 3 heterocycles. The molecule has 0 saturated carbocycles. The number of urea groups is 1. The number of rotatable bonds is 3. The van der Waals surface area contributed by atoms with Crippen LogP contribution in [-0.2, 0) is 4.74 Å². The normalized spacial score (nSPS) is 18.7. The molecule has 1 atom stereocenters. The third-order valence-corrected chi connectivity index (χ3v) is 4.08. The second-order valence-electron chi connectivity index (χ2n) is 5.36. The molecule has 2 aromatic heterocycles. The van der Waals surface area contributed by atoms with E-state index in [1.165, 1.54) is 11.3 Å². The number of amides is 2. The molecule has 1 unspecified atom stereocenters. The molecule has 1 aliphatic rings. The lowest BCUT2D eigenvalue weighted by atomic mass is 10.2. The Kier molecular flexibility index (Phi) is 4.39. The van der Waals surface area contributed by atoms with Gasteiger partial charge in [0.2, 0.25) is 11.8 Å². The monoisotopic (exact) mass is 322 g/mol. The molecule has 0 aromatic carbocycles. The lowest BCUT2D eigenvalue weighted by Gasteiger charge is -2.33. The summed E-state index contributed by atoms with van der Waals surface area (Å²) >= 11 is 1.53. The van der Waals surface area contributed by atoms with Crippen molar-refractivity contribution in [1.82, 2.24) is 15.1 Å². The second kappa shape index (κ2) is 6.45. The summed E-state index contributed by atoms with van der Waals surface area (Å²) in [6.07, 6.45) is 0. The number of nitrogens with one attached hydrogen (secondary N) is 1. The van der Waals surface area contributed by atoms with E-state index in [4.69, 9.17) is 9.15 Å². The fourth-order valence-electron chi connectivity index (χ4n) is 2.20. The first-order valence-corrected chi connectivity index (χ1v) is 8.10. The van der Waals surface area contributed by atoms with Crippen LogP contribution in [0.25, 0.3) is 0 Å². The highest BCUT2D eigenvalue weighted by atomic mass is 32.1. The van der Waals surface area contributed by atoms with Crippen LogP contribution in [0.15, 0.2) is 21.2 Å². The van der Waals surface area contributed by atoms with Crippen LogP contribution in [0.3, 0.4) is 0 Å². The lowest BCUT2D eigenvalue weighted by Crippen LogP contribution is -2.45. The van der Waals surface area contributed by atoms with Gasteiger partial charge in [-0.1, -0.05) is 13.8 Å². The SMILES string of the molecule is CC(C)c1nnc(C2COCCN2C(=O)Nc2ccsc2)o1. The molecule has 7 nitrogen and oxygen atoms in total. The van der Waals surface area contributed by atoms with Crippen molar-refractivity contribution in [2.45, 2.75) is 25.8 Å². The molecule has 2 aromatic rings. The van der Waals surface area contributed by atoms with Crippen LogP contribution in [0.2, 0.25) is 0 Å². The van der Waals surface area contributed by atoms with Crippen molar-refractivity contribution in [3.8, 4) is 0 Å². The molecule has 118 valence electrons. The molecule has 0 bridgehead atoms. The minimum Gasteiger partial charge on any atom is -0.423 e. The van der Waals surface area contributed by atoms with Gasteiger partial charge >= 0.3 is 6.03 Å². The molecule has 1 saturated heterocycles. The number of aromatic nitrogens is 2. The molecule has 3 rings (SSSR count). The van der Waals surface area contributed by atoms with E-state index in [0.29, 0.717) is 31.5 Å². The third-order valence-electron chi connectivity index (χ3n) is 3.40.